The fraction of sp³-hybridized carbons (Fsp3) is 0.227. The summed E-state index contributed by atoms with van der Waals surface area (Å²) >= 11 is 1.47. The lowest BCUT2D eigenvalue weighted by Gasteiger charge is -2.20. The summed E-state index contributed by atoms with van der Waals surface area (Å²) < 4.78 is 2.98. The minimum Gasteiger partial charge on any atom is -0.337 e. The van der Waals surface area contributed by atoms with Crippen LogP contribution >= 0.6 is 11.3 Å². The van der Waals surface area contributed by atoms with E-state index in [0.29, 0.717) is 30.2 Å². The van der Waals surface area contributed by atoms with E-state index in [-0.39, 0.29) is 11.6 Å². The van der Waals surface area contributed by atoms with Crippen LogP contribution in [0.2, 0.25) is 0 Å². The highest BCUT2D eigenvalue weighted by Gasteiger charge is 2.22. The van der Waals surface area contributed by atoms with Crippen LogP contribution in [0.5, 0.6) is 0 Å². The number of nitro benzene ring substituents is 1. The molecule has 2 heterocycles. The Morgan fingerprint density at radius 3 is 2.65 bits per heavy atom. The number of nitrogens with zero attached hydrogens (tertiary/aromatic N) is 5. The number of imidazole rings is 1. The number of anilines is 1. The third-order valence-corrected chi connectivity index (χ3v) is 6.28. The van der Waals surface area contributed by atoms with Crippen molar-refractivity contribution in [3.8, 4) is 0 Å². The second kappa shape index (κ2) is 8.65. The van der Waals surface area contributed by atoms with Gasteiger partial charge in [-0.05, 0) is 49.6 Å². The first kappa shape index (κ1) is 20.7. The largest absolute Gasteiger partial charge is 0.337 e. The van der Waals surface area contributed by atoms with Gasteiger partial charge in [0.1, 0.15) is 0 Å². The predicted molar refractivity (Wildman–Crippen MR) is 121 cm³/mol. The van der Waals surface area contributed by atoms with Crippen LogP contribution in [-0.2, 0) is 6.54 Å². The molecule has 0 radical (unpaired) electrons. The number of fused-ring (bicyclic) bond motifs is 1. The maximum Gasteiger partial charge on any atom is 0.269 e. The van der Waals surface area contributed by atoms with Gasteiger partial charge in [0, 0.05) is 43.2 Å². The second-order valence-corrected chi connectivity index (χ2v) is 8.27. The van der Waals surface area contributed by atoms with E-state index in [4.69, 9.17) is 4.98 Å². The summed E-state index contributed by atoms with van der Waals surface area (Å²) in [4.78, 5) is 34.3. The highest BCUT2D eigenvalue weighted by molar-refractivity contribution is 7.22. The molecule has 8 nitrogen and oxygen atoms in total. The summed E-state index contributed by atoms with van der Waals surface area (Å²) in [5.74, 6) is -0.228. The maximum absolute atomic E-state index is 13.4. The van der Waals surface area contributed by atoms with Crippen LogP contribution in [0.4, 0.5) is 10.8 Å². The monoisotopic (exact) mass is 435 g/mol. The second-order valence-electron chi connectivity index (χ2n) is 7.27. The normalized spacial score (nSPS) is 11.0. The van der Waals surface area contributed by atoms with Crippen molar-refractivity contribution < 1.29 is 9.72 Å². The maximum atomic E-state index is 13.4. The molecule has 0 fully saturated rings. The van der Waals surface area contributed by atoms with Crippen molar-refractivity contribution in [1.29, 1.82) is 0 Å². The molecule has 0 N–H and O–H groups in total. The first-order chi connectivity index (χ1) is 14.9. The highest BCUT2D eigenvalue weighted by Crippen LogP contribution is 2.33. The highest BCUT2D eigenvalue weighted by atomic mass is 32.1. The zero-order valence-electron chi connectivity index (χ0n) is 17.2. The fourth-order valence-corrected chi connectivity index (χ4v) is 4.38. The van der Waals surface area contributed by atoms with Gasteiger partial charge in [-0.25, -0.2) is 9.97 Å². The molecule has 0 spiro atoms. The Balaban J connectivity index is 1.65. The Labute approximate surface area is 182 Å². The first-order valence-electron chi connectivity index (χ1n) is 9.83. The van der Waals surface area contributed by atoms with Crippen molar-refractivity contribution in [3.63, 3.8) is 0 Å². The van der Waals surface area contributed by atoms with E-state index in [1.54, 1.807) is 17.4 Å². The number of carbonyl (C=O) groups excluding carboxylic acids is 1. The van der Waals surface area contributed by atoms with Crippen LogP contribution in [0.25, 0.3) is 10.2 Å². The van der Waals surface area contributed by atoms with Crippen LogP contribution in [0.3, 0.4) is 0 Å². The first-order valence-corrected chi connectivity index (χ1v) is 10.6. The lowest BCUT2D eigenvalue weighted by molar-refractivity contribution is -0.384. The number of hydrogen-bond donors (Lipinski definition) is 0. The van der Waals surface area contributed by atoms with Gasteiger partial charge in [-0.2, -0.15) is 0 Å². The fourth-order valence-electron chi connectivity index (χ4n) is 3.33. The van der Waals surface area contributed by atoms with Crippen molar-refractivity contribution in [2.45, 2.75) is 26.8 Å². The van der Waals surface area contributed by atoms with Crippen LogP contribution in [0.15, 0.2) is 55.1 Å². The van der Waals surface area contributed by atoms with Crippen molar-refractivity contribution in [1.82, 2.24) is 14.5 Å². The van der Waals surface area contributed by atoms with E-state index < -0.39 is 4.92 Å². The summed E-state index contributed by atoms with van der Waals surface area (Å²) in [6.45, 7) is 5.25. The number of nitro groups is 1. The quantitative estimate of drug-likeness (QED) is 0.308. The number of rotatable bonds is 7. The van der Waals surface area contributed by atoms with E-state index in [1.807, 2.05) is 30.7 Å². The molecular weight excluding hydrogens is 414 g/mol. The molecule has 0 aliphatic carbocycles. The molecule has 0 saturated heterocycles. The van der Waals surface area contributed by atoms with E-state index in [0.717, 1.165) is 21.3 Å². The number of carbonyl (C=O) groups is 1. The summed E-state index contributed by atoms with van der Waals surface area (Å²) in [6.07, 6.45) is 6.06. The number of non-ortho nitro benzene ring substituents is 1. The third-order valence-electron chi connectivity index (χ3n) is 5.23. The number of aromatic nitrogens is 3. The molecule has 0 atom stereocenters. The average molecular weight is 436 g/mol. The van der Waals surface area contributed by atoms with Gasteiger partial charge in [0.15, 0.2) is 5.13 Å². The predicted octanol–water partition coefficient (Wildman–Crippen LogP) is 4.75. The Morgan fingerprint density at radius 2 is 1.97 bits per heavy atom. The number of aryl methyl sites for hydroxylation is 3. The summed E-state index contributed by atoms with van der Waals surface area (Å²) in [5.41, 5.74) is 3.49. The number of amides is 1. The van der Waals surface area contributed by atoms with Crippen LogP contribution in [-0.4, -0.2) is 31.9 Å². The van der Waals surface area contributed by atoms with Gasteiger partial charge in [-0.15, -0.1) is 0 Å². The van der Waals surface area contributed by atoms with Crippen molar-refractivity contribution in [2.75, 3.05) is 11.4 Å². The van der Waals surface area contributed by atoms with Gasteiger partial charge < -0.3 is 4.57 Å². The lowest BCUT2D eigenvalue weighted by Crippen LogP contribution is -2.32. The van der Waals surface area contributed by atoms with Gasteiger partial charge in [0.2, 0.25) is 0 Å². The van der Waals surface area contributed by atoms with Crippen molar-refractivity contribution in [2.24, 2.45) is 0 Å². The minimum atomic E-state index is -0.476. The molecule has 158 valence electrons. The average Bonchev–Trinajstić information content (AvgIpc) is 3.44. The third kappa shape index (κ3) is 4.31. The zero-order valence-corrected chi connectivity index (χ0v) is 18.0. The SMILES string of the molecule is Cc1ccc2sc(N(CCCn3ccnc3)C(=O)c3ccc([N+](=O)[O-])cc3)nc2c1C. The minimum absolute atomic E-state index is 0.0469. The Morgan fingerprint density at radius 1 is 1.19 bits per heavy atom. The molecule has 9 heteroatoms. The van der Waals surface area contributed by atoms with Gasteiger partial charge in [0.25, 0.3) is 11.6 Å². The molecule has 4 aromatic rings. The molecule has 0 unspecified atom stereocenters. The van der Waals surface area contributed by atoms with Crippen LogP contribution in [0.1, 0.15) is 27.9 Å². The Kier molecular flexibility index (Phi) is 5.77. The van der Waals surface area contributed by atoms with E-state index >= 15 is 0 Å². The number of hydrogen-bond acceptors (Lipinski definition) is 6. The molecule has 0 aliphatic rings. The lowest BCUT2D eigenvalue weighted by atomic mass is 10.1. The van der Waals surface area contributed by atoms with Gasteiger partial charge >= 0.3 is 0 Å². The molecule has 0 aliphatic heterocycles. The molecule has 4 rings (SSSR count). The van der Waals surface area contributed by atoms with Gasteiger partial charge in [0.05, 0.1) is 21.5 Å². The molecule has 31 heavy (non-hydrogen) atoms. The summed E-state index contributed by atoms with van der Waals surface area (Å²) in [5, 5.41) is 11.6. The van der Waals surface area contributed by atoms with Crippen molar-refractivity contribution in [3.05, 3.63) is 81.9 Å². The molecule has 1 amide bonds. The van der Waals surface area contributed by atoms with E-state index in [1.165, 1.54) is 35.6 Å². The number of benzene rings is 2. The Bertz CT molecular complexity index is 1230. The summed E-state index contributed by atoms with van der Waals surface area (Å²) in [6, 6.07) is 9.77. The smallest absolute Gasteiger partial charge is 0.269 e. The molecule has 2 aromatic carbocycles. The summed E-state index contributed by atoms with van der Waals surface area (Å²) in [7, 11) is 0. The van der Waals surface area contributed by atoms with Gasteiger partial charge in [-0.1, -0.05) is 17.4 Å². The zero-order chi connectivity index (χ0) is 22.0. The molecule has 0 bridgehead atoms. The van der Waals surface area contributed by atoms with Gasteiger partial charge in [-0.3, -0.25) is 19.8 Å². The van der Waals surface area contributed by atoms with Crippen LogP contribution in [0, 0.1) is 24.0 Å². The molecule has 0 saturated carbocycles. The molecular formula is C22H21N5O3S. The van der Waals surface area contributed by atoms with Crippen LogP contribution < -0.4 is 4.90 Å². The number of thiazole rings is 1. The van der Waals surface area contributed by atoms with E-state index in [2.05, 4.69) is 11.1 Å². The van der Waals surface area contributed by atoms with E-state index in [9.17, 15) is 14.9 Å². The Hall–Kier alpha value is -3.59. The molecule has 2 aromatic heterocycles. The topological polar surface area (TPSA) is 94.2 Å². The van der Waals surface area contributed by atoms with Crippen molar-refractivity contribution >= 4 is 38.3 Å². The standard InChI is InChI=1S/C22H21N5O3S/c1-15-4-9-19-20(16(15)2)24-22(31-19)26(12-3-11-25-13-10-23-14-25)21(28)17-5-7-18(8-6-17)27(29)30/h4-10,13-14H,3,11-12H2,1-2H3.